The maximum Gasteiger partial charge on any atom is 0.246 e. The molecule has 0 aromatic heterocycles. The van der Waals surface area contributed by atoms with Crippen molar-refractivity contribution in [2.75, 3.05) is 10.6 Å². The Labute approximate surface area is 128 Å². The number of carbonyl (C=O) groups excluding carboxylic acids is 1. The van der Waals surface area contributed by atoms with E-state index in [-0.39, 0.29) is 10.9 Å². The summed E-state index contributed by atoms with van der Waals surface area (Å²) >= 11 is 5.71. The monoisotopic (exact) mass is 306 g/mol. The highest BCUT2D eigenvalue weighted by Crippen LogP contribution is 2.20. The molecule has 0 aliphatic carbocycles. The van der Waals surface area contributed by atoms with Crippen molar-refractivity contribution < 1.29 is 9.18 Å². The van der Waals surface area contributed by atoms with E-state index in [2.05, 4.69) is 10.6 Å². The van der Waals surface area contributed by atoms with Crippen molar-refractivity contribution in [2.45, 2.75) is 19.9 Å². The van der Waals surface area contributed by atoms with E-state index in [1.807, 2.05) is 31.2 Å². The number of benzene rings is 2. The topological polar surface area (TPSA) is 41.1 Å². The lowest BCUT2D eigenvalue weighted by Gasteiger charge is -2.15. The van der Waals surface area contributed by atoms with Gasteiger partial charge >= 0.3 is 0 Å². The lowest BCUT2D eigenvalue weighted by Crippen LogP contribution is -2.31. The van der Waals surface area contributed by atoms with Gasteiger partial charge in [-0.25, -0.2) is 4.39 Å². The maximum absolute atomic E-state index is 13.1. The van der Waals surface area contributed by atoms with Crippen molar-refractivity contribution in [2.24, 2.45) is 0 Å². The first-order valence-electron chi connectivity index (χ1n) is 6.55. The van der Waals surface area contributed by atoms with Crippen LogP contribution in [0.2, 0.25) is 5.02 Å². The van der Waals surface area contributed by atoms with Gasteiger partial charge in [-0.15, -0.1) is 0 Å². The van der Waals surface area contributed by atoms with E-state index in [1.54, 1.807) is 6.92 Å². The molecule has 21 heavy (non-hydrogen) atoms. The van der Waals surface area contributed by atoms with Crippen LogP contribution >= 0.6 is 11.6 Å². The number of aryl methyl sites for hydroxylation is 1. The Hall–Kier alpha value is -2.07. The minimum atomic E-state index is -0.487. The van der Waals surface area contributed by atoms with Crippen molar-refractivity contribution in [1.29, 1.82) is 0 Å². The van der Waals surface area contributed by atoms with E-state index in [0.29, 0.717) is 5.69 Å². The van der Waals surface area contributed by atoms with Gasteiger partial charge in [-0.3, -0.25) is 4.79 Å². The van der Waals surface area contributed by atoms with E-state index < -0.39 is 11.9 Å². The number of amides is 1. The molecule has 0 saturated carbocycles. The highest BCUT2D eigenvalue weighted by atomic mass is 35.5. The predicted molar refractivity (Wildman–Crippen MR) is 84.3 cm³/mol. The first-order chi connectivity index (χ1) is 9.95. The van der Waals surface area contributed by atoms with Crippen LogP contribution in [0.3, 0.4) is 0 Å². The highest BCUT2D eigenvalue weighted by molar-refractivity contribution is 6.31. The molecule has 5 heteroatoms. The zero-order chi connectivity index (χ0) is 15.4. The molecule has 2 N–H and O–H groups in total. The molecule has 0 radical (unpaired) electrons. The average Bonchev–Trinajstić information content (AvgIpc) is 2.43. The Morgan fingerprint density at radius 2 is 1.95 bits per heavy atom. The molecule has 2 aromatic carbocycles. The second kappa shape index (κ2) is 6.59. The molecule has 2 aromatic rings. The Kier molecular flexibility index (Phi) is 4.81. The zero-order valence-corrected chi connectivity index (χ0v) is 12.5. The molecule has 1 atom stereocenters. The fourth-order valence-corrected chi connectivity index (χ4v) is 2.06. The number of halogens is 2. The standard InChI is InChI=1S/C16H16ClFN2O/c1-10-4-3-5-12(8-10)20-16(21)11(2)19-13-6-7-15(18)14(17)9-13/h3-9,11,19H,1-2H3,(H,20,21). The Morgan fingerprint density at radius 1 is 1.19 bits per heavy atom. The van der Waals surface area contributed by atoms with Crippen LogP contribution in [-0.2, 0) is 4.79 Å². The summed E-state index contributed by atoms with van der Waals surface area (Å²) in [5.74, 6) is -0.667. The molecule has 0 bridgehead atoms. The molecule has 1 amide bonds. The number of rotatable bonds is 4. The molecule has 0 fully saturated rings. The van der Waals surface area contributed by atoms with Crippen molar-refractivity contribution >= 4 is 28.9 Å². The van der Waals surface area contributed by atoms with Crippen LogP contribution in [0.1, 0.15) is 12.5 Å². The quantitative estimate of drug-likeness (QED) is 0.887. The van der Waals surface area contributed by atoms with E-state index in [9.17, 15) is 9.18 Å². The number of anilines is 2. The van der Waals surface area contributed by atoms with E-state index in [1.165, 1.54) is 18.2 Å². The number of hydrogen-bond acceptors (Lipinski definition) is 2. The van der Waals surface area contributed by atoms with Crippen LogP contribution in [0.5, 0.6) is 0 Å². The fraction of sp³-hybridized carbons (Fsp3) is 0.188. The molecular formula is C16H16ClFN2O. The Morgan fingerprint density at radius 3 is 2.62 bits per heavy atom. The molecule has 0 heterocycles. The van der Waals surface area contributed by atoms with E-state index in [4.69, 9.17) is 11.6 Å². The van der Waals surface area contributed by atoms with Crippen LogP contribution < -0.4 is 10.6 Å². The zero-order valence-electron chi connectivity index (χ0n) is 11.8. The van der Waals surface area contributed by atoms with Crippen molar-refractivity contribution in [3.63, 3.8) is 0 Å². The van der Waals surface area contributed by atoms with Gasteiger partial charge in [-0.05, 0) is 49.7 Å². The van der Waals surface area contributed by atoms with Gasteiger partial charge in [0.05, 0.1) is 5.02 Å². The summed E-state index contributed by atoms with van der Waals surface area (Å²) < 4.78 is 13.1. The second-order valence-corrected chi connectivity index (χ2v) is 5.26. The van der Waals surface area contributed by atoms with Gasteiger partial charge in [0.25, 0.3) is 0 Å². The van der Waals surface area contributed by atoms with Crippen molar-refractivity contribution in [1.82, 2.24) is 0 Å². The SMILES string of the molecule is Cc1cccc(NC(=O)C(C)Nc2ccc(F)c(Cl)c2)c1. The molecule has 0 spiro atoms. The number of hydrogen-bond donors (Lipinski definition) is 2. The molecule has 110 valence electrons. The summed E-state index contributed by atoms with van der Waals surface area (Å²) in [7, 11) is 0. The summed E-state index contributed by atoms with van der Waals surface area (Å²) in [6.07, 6.45) is 0. The van der Waals surface area contributed by atoms with Gasteiger partial charge in [0.1, 0.15) is 11.9 Å². The van der Waals surface area contributed by atoms with Gasteiger partial charge < -0.3 is 10.6 Å². The normalized spacial score (nSPS) is 11.8. The first kappa shape index (κ1) is 15.3. The summed E-state index contributed by atoms with van der Waals surface area (Å²) in [6.45, 7) is 3.68. The lowest BCUT2D eigenvalue weighted by atomic mass is 10.2. The molecule has 0 aliphatic heterocycles. The summed E-state index contributed by atoms with van der Waals surface area (Å²) in [5, 5.41) is 5.82. The maximum atomic E-state index is 13.1. The third-order valence-corrected chi connectivity index (χ3v) is 3.27. The molecule has 0 aliphatic rings. The molecule has 1 unspecified atom stereocenters. The second-order valence-electron chi connectivity index (χ2n) is 4.85. The largest absolute Gasteiger partial charge is 0.374 e. The van der Waals surface area contributed by atoms with Crippen LogP contribution in [-0.4, -0.2) is 11.9 Å². The highest BCUT2D eigenvalue weighted by Gasteiger charge is 2.13. The lowest BCUT2D eigenvalue weighted by molar-refractivity contribution is -0.116. The summed E-state index contributed by atoms with van der Waals surface area (Å²) in [5.41, 5.74) is 2.40. The van der Waals surface area contributed by atoms with Crippen LogP contribution in [0, 0.1) is 12.7 Å². The van der Waals surface area contributed by atoms with Crippen LogP contribution in [0.15, 0.2) is 42.5 Å². The van der Waals surface area contributed by atoms with Crippen molar-refractivity contribution in [3.05, 3.63) is 58.9 Å². The van der Waals surface area contributed by atoms with Gasteiger partial charge in [-0.1, -0.05) is 23.7 Å². The third-order valence-electron chi connectivity index (χ3n) is 2.98. The van der Waals surface area contributed by atoms with Gasteiger partial charge in [-0.2, -0.15) is 0 Å². The molecule has 3 nitrogen and oxygen atoms in total. The molecule has 0 saturated heterocycles. The third kappa shape index (κ3) is 4.20. The van der Waals surface area contributed by atoms with E-state index in [0.717, 1.165) is 11.3 Å². The van der Waals surface area contributed by atoms with Gasteiger partial charge in [0, 0.05) is 11.4 Å². The summed E-state index contributed by atoms with van der Waals surface area (Å²) in [6, 6.07) is 11.3. The minimum Gasteiger partial charge on any atom is -0.374 e. The summed E-state index contributed by atoms with van der Waals surface area (Å²) in [4.78, 5) is 12.1. The van der Waals surface area contributed by atoms with E-state index >= 15 is 0 Å². The first-order valence-corrected chi connectivity index (χ1v) is 6.92. The predicted octanol–water partition coefficient (Wildman–Crippen LogP) is 4.23. The minimum absolute atomic E-state index is 0.0197. The van der Waals surface area contributed by atoms with Crippen LogP contribution in [0.25, 0.3) is 0 Å². The smallest absolute Gasteiger partial charge is 0.246 e. The molecular weight excluding hydrogens is 291 g/mol. The number of nitrogens with one attached hydrogen (secondary N) is 2. The Bertz CT molecular complexity index is 660. The van der Waals surface area contributed by atoms with Gasteiger partial charge in [0.2, 0.25) is 5.91 Å². The number of carbonyl (C=O) groups is 1. The average molecular weight is 307 g/mol. The Balaban J connectivity index is 2.00. The van der Waals surface area contributed by atoms with Crippen LogP contribution in [0.4, 0.5) is 15.8 Å². The van der Waals surface area contributed by atoms with Gasteiger partial charge in [0.15, 0.2) is 0 Å². The molecule has 2 rings (SSSR count). The fourth-order valence-electron chi connectivity index (χ4n) is 1.87. The van der Waals surface area contributed by atoms with Crippen molar-refractivity contribution in [3.8, 4) is 0 Å².